The van der Waals surface area contributed by atoms with E-state index in [1.54, 1.807) is 6.92 Å². The summed E-state index contributed by atoms with van der Waals surface area (Å²) in [6, 6.07) is -0.101. The third-order valence-corrected chi connectivity index (χ3v) is 3.27. The molecule has 3 nitrogen and oxygen atoms in total. The molecule has 2 unspecified atom stereocenters. The van der Waals surface area contributed by atoms with Crippen LogP contribution >= 0.6 is 0 Å². The SMILES string of the molecule is CC(O)C(N)CN1CC(C(C)(C)C)C1. The molecule has 1 aliphatic rings. The van der Waals surface area contributed by atoms with Crippen LogP contribution in [0.1, 0.15) is 27.7 Å². The van der Waals surface area contributed by atoms with E-state index in [4.69, 9.17) is 5.73 Å². The number of nitrogens with two attached hydrogens (primary N) is 1. The summed E-state index contributed by atoms with van der Waals surface area (Å²) in [5.74, 6) is 0.781. The molecule has 3 heteroatoms. The summed E-state index contributed by atoms with van der Waals surface area (Å²) in [7, 11) is 0. The minimum Gasteiger partial charge on any atom is -0.392 e. The molecular formula is C11H24N2O. The minimum atomic E-state index is -0.399. The van der Waals surface area contributed by atoms with E-state index in [2.05, 4.69) is 25.7 Å². The average Bonchev–Trinajstić information content (AvgIpc) is 1.92. The summed E-state index contributed by atoms with van der Waals surface area (Å²) in [5, 5.41) is 9.26. The quantitative estimate of drug-likeness (QED) is 0.704. The molecule has 0 spiro atoms. The van der Waals surface area contributed by atoms with Gasteiger partial charge in [0, 0.05) is 25.7 Å². The van der Waals surface area contributed by atoms with Gasteiger partial charge in [-0.15, -0.1) is 0 Å². The Morgan fingerprint density at radius 2 is 1.93 bits per heavy atom. The molecule has 0 aliphatic carbocycles. The monoisotopic (exact) mass is 200 g/mol. The number of rotatable bonds is 3. The lowest BCUT2D eigenvalue weighted by Crippen LogP contribution is -2.56. The second kappa shape index (κ2) is 4.17. The van der Waals surface area contributed by atoms with Crippen molar-refractivity contribution in [3.63, 3.8) is 0 Å². The molecule has 0 amide bonds. The molecule has 3 N–H and O–H groups in total. The fourth-order valence-corrected chi connectivity index (χ4v) is 1.72. The van der Waals surface area contributed by atoms with Crippen molar-refractivity contribution in [1.29, 1.82) is 0 Å². The van der Waals surface area contributed by atoms with Gasteiger partial charge in [-0.25, -0.2) is 0 Å². The van der Waals surface area contributed by atoms with Crippen LogP contribution in [0.25, 0.3) is 0 Å². The first kappa shape index (κ1) is 12.0. The largest absolute Gasteiger partial charge is 0.392 e. The van der Waals surface area contributed by atoms with Gasteiger partial charge in [-0.2, -0.15) is 0 Å². The zero-order chi connectivity index (χ0) is 10.9. The van der Waals surface area contributed by atoms with Crippen molar-refractivity contribution >= 4 is 0 Å². The molecule has 2 atom stereocenters. The summed E-state index contributed by atoms with van der Waals surface area (Å²) in [5.41, 5.74) is 6.20. The first-order valence-electron chi connectivity index (χ1n) is 5.46. The van der Waals surface area contributed by atoms with Crippen LogP contribution in [0.3, 0.4) is 0 Å². The molecule has 1 aliphatic heterocycles. The zero-order valence-corrected chi connectivity index (χ0v) is 9.83. The van der Waals surface area contributed by atoms with E-state index >= 15 is 0 Å². The molecule has 0 aromatic rings. The summed E-state index contributed by atoms with van der Waals surface area (Å²) in [6.45, 7) is 11.7. The minimum absolute atomic E-state index is 0.101. The molecule has 1 rings (SSSR count). The Labute approximate surface area is 87.3 Å². The van der Waals surface area contributed by atoms with Crippen LogP contribution in [0.5, 0.6) is 0 Å². The molecule has 0 saturated carbocycles. The summed E-state index contributed by atoms with van der Waals surface area (Å²) < 4.78 is 0. The highest BCUT2D eigenvalue weighted by Gasteiger charge is 2.36. The zero-order valence-electron chi connectivity index (χ0n) is 9.83. The maximum absolute atomic E-state index is 9.26. The van der Waals surface area contributed by atoms with Gasteiger partial charge in [-0.3, -0.25) is 0 Å². The Hall–Kier alpha value is -0.120. The highest BCUT2D eigenvalue weighted by molar-refractivity contribution is 4.89. The van der Waals surface area contributed by atoms with Crippen LogP contribution in [0.15, 0.2) is 0 Å². The maximum atomic E-state index is 9.26. The van der Waals surface area contributed by atoms with Gasteiger partial charge in [0.25, 0.3) is 0 Å². The molecule has 0 radical (unpaired) electrons. The molecule has 1 saturated heterocycles. The number of hydrogen-bond donors (Lipinski definition) is 2. The van der Waals surface area contributed by atoms with Crippen molar-refractivity contribution in [2.24, 2.45) is 17.1 Å². The molecule has 84 valence electrons. The number of likely N-dealkylation sites (tertiary alicyclic amines) is 1. The smallest absolute Gasteiger partial charge is 0.0675 e. The van der Waals surface area contributed by atoms with Gasteiger partial charge in [-0.1, -0.05) is 20.8 Å². The highest BCUT2D eigenvalue weighted by Crippen LogP contribution is 2.33. The lowest BCUT2D eigenvalue weighted by atomic mass is 9.76. The van der Waals surface area contributed by atoms with Crippen LogP contribution < -0.4 is 5.73 Å². The number of hydrogen-bond acceptors (Lipinski definition) is 3. The number of aliphatic hydroxyl groups is 1. The predicted octanol–water partition coefficient (Wildman–Crippen LogP) is 0.672. The Bertz CT molecular complexity index is 180. The third kappa shape index (κ3) is 2.94. The maximum Gasteiger partial charge on any atom is 0.0675 e. The Morgan fingerprint density at radius 3 is 2.29 bits per heavy atom. The van der Waals surface area contributed by atoms with Crippen LogP contribution in [0.2, 0.25) is 0 Å². The first-order valence-corrected chi connectivity index (χ1v) is 5.46. The Morgan fingerprint density at radius 1 is 1.43 bits per heavy atom. The molecule has 1 heterocycles. The van der Waals surface area contributed by atoms with Gasteiger partial charge in [0.2, 0.25) is 0 Å². The van der Waals surface area contributed by atoms with Crippen molar-refractivity contribution < 1.29 is 5.11 Å². The van der Waals surface area contributed by atoms with E-state index in [-0.39, 0.29) is 6.04 Å². The van der Waals surface area contributed by atoms with Gasteiger partial charge in [0.05, 0.1) is 6.10 Å². The van der Waals surface area contributed by atoms with Gasteiger partial charge >= 0.3 is 0 Å². The van der Waals surface area contributed by atoms with E-state index in [0.29, 0.717) is 5.41 Å². The number of nitrogens with zero attached hydrogens (tertiary/aromatic N) is 1. The molecule has 0 aromatic heterocycles. The van der Waals surface area contributed by atoms with E-state index in [0.717, 1.165) is 25.6 Å². The van der Waals surface area contributed by atoms with Crippen LogP contribution in [-0.2, 0) is 0 Å². The van der Waals surface area contributed by atoms with Crippen LogP contribution in [-0.4, -0.2) is 41.8 Å². The average molecular weight is 200 g/mol. The normalized spacial score (nSPS) is 24.4. The van der Waals surface area contributed by atoms with Gasteiger partial charge in [0.1, 0.15) is 0 Å². The summed E-state index contributed by atoms with van der Waals surface area (Å²) >= 11 is 0. The van der Waals surface area contributed by atoms with E-state index in [9.17, 15) is 5.11 Å². The summed E-state index contributed by atoms with van der Waals surface area (Å²) in [4.78, 5) is 2.33. The van der Waals surface area contributed by atoms with Crippen LogP contribution in [0.4, 0.5) is 0 Å². The van der Waals surface area contributed by atoms with Crippen molar-refractivity contribution in [3.05, 3.63) is 0 Å². The lowest BCUT2D eigenvalue weighted by Gasteiger charge is -2.47. The third-order valence-electron chi connectivity index (χ3n) is 3.27. The number of aliphatic hydroxyl groups excluding tert-OH is 1. The molecule has 1 fully saturated rings. The Balaban J connectivity index is 2.22. The fourth-order valence-electron chi connectivity index (χ4n) is 1.72. The lowest BCUT2D eigenvalue weighted by molar-refractivity contribution is 0.00977. The highest BCUT2D eigenvalue weighted by atomic mass is 16.3. The predicted molar refractivity (Wildman–Crippen MR) is 59.0 cm³/mol. The molecule has 14 heavy (non-hydrogen) atoms. The standard InChI is InChI=1S/C11H24N2O/c1-8(14)10(12)7-13-5-9(6-13)11(2,3)4/h8-10,14H,5-7,12H2,1-4H3. The topological polar surface area (TPSA) is 49.5 Å². The Kier molecular flexibility index (Phi) is 3.56. The second-order valence-electron chi connectivity index (χ2n) is 5.69. The second-order valence-corrected chi connectivity index (χ2v) is 5.69. The first-order chi connectivity index (χ1) is 6.30. The van der Waals surface area contributed by atoms with Crippen molar-refractivity contribution in [2.45, 2.75) is 39.8 Å². The van der Waals surface area contributed by atoms with E-state index < -0.39 is 6.10 Å². The van der Waals surface area contributed by atoms with Crippen molar-refractivity contribution in [1.82, 2.24) is 4.90 Å². The van der Waals surface area contributed by atoms with Crippen LogP contribution in [0, 0.1) is 11.3 Å². The van der Waals surface area contributed by atoms with E-state index in [1.165, 1.54) is 0 Å². The van der Waals surface area contributed by atoms with Crippen molar-refractivity contribution in [2.75, 3.05) is 19.6 Å². The fraction of sp³-hybridized carbons (Fsp3) is 1.00. The molecule has 0 bridgehead atoms. The van der Waals surface area contributed by atoms with Gasteiger partial charge in [0.15, 0.2) is 0 Å². The van der Waals surface area contributed by atoms with Gasteiger partial charge in [-0.05, 0) is 18.3 Å². The molecular weight excluding hydrogens is 176 g/mol. The van der Waals surface area contributed by atoms with Crippen molar-refractivity contribution in [3.8, 4) is 0 Å². The summed E-state index contributed by atoms with van der Waals surface area (Å²) in [6.07, 6.45) is -0.399. The van der Waals surface area contributed by atoms with Gasteiger partial charge < -0.3 is 15.7 Å². The molecule has 0 aromatic carbocycles. The van der Waals surface area contributed by atoms with E-state index in [1.807, 2.05) is 0 Å².